The maximum atomic E-state index is 13.8. The number of fused-ring (bicyclic) bond motifs is 1. The lowest BCUT2D eigenvalue weighted by atomic mass is 10.3. The second-order valence-corrected chi connectivity index (χ2v) is 6.73. The van der Waals surface area contributed by atoms with E-state index in [1.807, 2.05) is 39.6 Å². The second kappa shape index (κ2) is 5.57. The molecule has 0 aliphatic rings. The van der Waals surface area contributed by atoms with E-state index < -0.39 is 0 Å². The van der Waals surface area contributed by atoms with Crippen LogP contribution in [0.1, 0.15) is 16.4 Å². The third-order valence-electron chi connectivity index (χ3n) is 3.14. The molecule has 0 bridgehead atoms. The Morgan fingerprint density at radius 2 is 2.25 bits per heavy atom. The van der Waals surface area contributed by atoms with Crippen LogP contribution in [0.25, 0.3) is 11.0 Å². The average molecular weight is 422 g/mol. The van der Waals surface area contributed by atoms with Crippen molar-refractivity contribution < 1.29 is 4.39 Å². The molecule has 0 fully saturated rings. The zero-order chi connectivity index (χ0) is 14.3. The summed E-state index contributed by atoms with van der Waals surface area (Å²) in [5.41, 5.74) is 4.34. The normalized spacial score (nSPS) is 11.4. The van der Waals surface area contributed by atoms with Gasteiger partial charge >= 0.3 is 0 Å². The summed E-state index contributed by atoms with van der Waals surface area (Å²) in [6.45, 7) is 2.59. The highest BCUT2D eigenvalue weighted by Gasteiger charge is 2.14. The minimum Gasteiger partial charge on any atom is -0.321 e. The van der Waals surface area contributed by atoms with Crippen LogP contribution in [0.4, 0.5) is 4.39 Å². The van der Waals surface area contributed by atoms with Gasteiger partial charge in [0.25, 0.3) is 0 Å². The van der Waals surface area contributed by atoms with Gasteiger partial charge < -0.3 is 4.57 Å². The summed E-state index contributed by atoms with van der Waals surface area (Å²) in [6, 6.07) is 3.27. The van der Waals surface area contributed by atoms with Gasteiger partial charge in [0.15, 0.2) is 0 Å². The highest BCUT2D eigenvalue weighted by atomic mass is 127. The number of aromatic nitrogens is 3. The molecular weight excluding hydrogens is 412 g/mol. The summed E-state index contributed by atoms with van der Waals surface area (Å²) in [6.07, 6.45) is 0. The van der Waals surface area contributed by atoms with Gasteiger partial charge in [0, 0.05) is 10.9 Å². The molecule has 0 radical (unpaired) electrons. The summed E-state index contributed by atoms with van der Waals surface area (Å²) in [7, 11) is 0. The zero-order valence-corrected chi connectivity index (χ0v) is 14.3. The fourth-order valence-corrected chi connectivity index (χ4v) is 3.49. The molecule has 0 saturated heterocycles. The minimum absolute atomic E-state index is 0.235. The average Bonchev–Trinajstić information content (AvgIpc) is 2.96. The van der Waals surface area contributed by atoms with Crippen molar-refractivity contribution in [3.05, 3.63) is 43.4 Å². The van der Waals surface area contributed by atoms with Gasteiger partial charge in [-0.1, -0.05) is 0 Å². The van der Waals surface area contributed by atoms with Gasteiger partial charge in [-0.25, -0.2) is 14.4 Å². The fraction of sp³-hybridized carbons (Fsp3) is 0.231. The SMILES string of the molecule is Cc1ncsc1Cn1c(CCl)nc2cc(I)c(F)cc21. The summed E-state index contributed by atoms with van der Waals surface area (Å²) in [5.74, 6) is 0.808. The number of nitrogens with zero attached hydrogens (tertiary/aromatic N) is 3. The number of rotatable bonds is 3. The molecule has 2 aromatic heterocycles. The lowest BCUT2D eigenvalue weighted by Gasteiger charge is -2.07. The minimum atomic E-state index is -0.235. The molecule has 1 aromatic carbocycles. The molecule has 3 rings (SSSR count). The van der Waals surface area contributed by atoms with Crippen LogP contribution in [-0.2, 0) is 12.4 Å². The van der Waals surface area contributed by atoms with Gasteiger partial charge in [-0.2, -0.15) is 0 Å². The molecule has 2 heterocycles. The van der Waals surface area contributed by atoms with E-state index in [1.165, 1.54) is 6.07 Å². The highest BCUT2D eigenvalue weighted by molar-refractivity contribution is 14.1. The number of aryl methyl sites for hydroxylation is 1. The van der Waals surface area contributed by atoms with E-state index in [-0.39, 0.29) is 5.82 Å². The smallest absolute Gasteiger partial charge is 0.138 e. The number of alkyl halides is 1. The maximum Gasteiger partial charge on any atom is 0.138 e. The predicted molar refractivity (Wildman–Crippen MR) is 87.9 cm³/mol. The monoisotopic (exact) mass is 421 g/mol. The van der Waals surface area contributed by atoms with E-state index in [0.717, 1.165) is 27.4 Å². The predicted octanol–water partition coefficient (Wildman–Crippen LogP) is 4.33. The first-order valence-electron chi connectivity index (χ1n) is 5.89. The van der Waals surface area contributed by atoms with E-state index in [9.17, 15) is 4.39 Å². The van der Waals surface area contributed by atoms with Crippen LogP contribution in [0.3, 0.4) is 0 Å². The van der Waals surface area contributed by atoms with Gasteiger partial charge in [-0.05, 0) is 35.6 Å². The first-order valence-corrected chi connectivity index (χ1v) is 8.38. The van der Waals surface area contributed by atoms with Crippen molar-refractivity contribution in [1.29, 1.82) is 0 Å². The molecule has 7 heteroatoms. The molecule has 0 saturated carbocycles. The first-order chi connectivity index (χ1) is 9.60. The summed E-state index contributed by atoms with van der Waals surface area (Å²) in [4.78, 5) is 9.86. The molecule has 0 unspecified atom stereocenters. The van der Waals surface area contributed by atoms with Crippen LogP contribution < -0.4 is 0 Å². The molecule has 3 aromatic rings. The van der Waals surface area contributed by atoms with Gasteiger partial charge in [0.05, 0.1) is 38.2 Å². The molecule has 3 nitrogen and oxygen atoms in total. The Kier molecular flexibility index (Phi) is 3.96. The third kappa shape index (κ3) is 2.44. The molecule has 0 spiro atoms. The molecule has 0 aliphatic heterocycles. The Morgan fingerprint density at radius 1 is 1.45 bits per heavy atom. The van der Waals surface area contributed by atoms with Gasteiger partial charge in [0.1, 0.15) is 11.6 Å². The Balaban J connectivity index is 2.17. The van der Waals surface area contributed by atoms with Crippen LogP contribution in [-0.4, -0.2) is 14.5 Å². The lowest BCUT2D eigenvalue weighted by molar-refractivity contribution is 0.621. The summed E-state index contributed by atoms with van der Waals surface area (Å²) in [5, 5.41) is 0. The number of hydrogen-bond acceptors (Lipinski definition) is 3. The molecule has 0 amide bonds. The van der Waals surface area contributed by atoms with E-state index in [1.54, 1.807) is 17.4 Å². The Hall–Kier alpha value is -0.730. The molecule has 0 N–H and O–H groups in total. The van der Waals surface area contributed by atoms with E-state index in [0.29, 0.717) is 16.0 Å². The van der Waals surface area contributed by atoms with Crippen LogP contribution >= 0.6 is 45.5 Å². The number of benzene rings is 1. The summed E-state index contributed by atoms with van der Waals surface area (Å²) >= 11 is 9.52. The first kappa shape index (κ1) is 14.2. The van der Waals surface area contributed by atoms with Crippen molar-refractivity contribution >= 4 is 56.6 Å². The second-order valence-electron chi connectivity index (χ2n) is 4.36. The third-order valence-corrected chi connectivity index (χ3v) is 5.12. The zero-order valence-electron chi connectivity index (χ0n) is 10.5. The number of hydrogen-bond donors (Lipinski definition) is 0. The van der Waals surface area contributed by atoms with E-state index >= 15 is 0 Å². The van der Waals surface area contributed by atoms with Crippen molar-refractivity contribution in [3.63, 3.8) is 0 Å². The Labute approximate surface area is 137 Å². The fourth-order valence-electron chi connectivity index (χ4n) is 2.07. The van der Waals surface area contributed by atoms with Crippen LogP contribution in [0, 0.1) is 16.3 Å². The quantitative estimate of drug-likeness (QED) is 0.465. The largest absolute Gasteiger partial charge is 0.321 e. The van der Waals surface area contributed by atoms with E-state index in [2.05, 4.69) is 9.97 Å². The molecule has 0 aliphatic carbocycles. The Morgan fingerprint density at radius 3 is 2.90 bits per heavy atom. The van der Waals surface area contributed by atoms with Crippen LogP contribution in [0.2, 0.25) is 0 Å². The van der Waals surface area contributed by atoms with Crippen molar-refractivity contribution in [2.75, 3.05) is 0 Å². The topological polar surface area (TPSA) is 30.7 Å². The highest BCUT2D eigenvalue weighted by Crippen LogP contribution is 2.25. The van der Waals surface area contributed by atoms with Crippen LogP contribution in [0.15, 0.2) is 17.6 Å². The molecular formula is C13H10ClFIN3S. The van der Waals surface area contributed by atoms with Crippen molar-refractivity contribution in [3.8, 4) is 0 Å². The maximum absolute atomic E-state index is 13.8. The molecule has 20 heavy (non-hydrogen) atoms. The van der Waals surface area contributed by atoms with Crippen molar-refractivity contribution in [1.82, 2.24) is 14.5 Å². The Bertz CT molecular complexity index is 783. The van der Waals surface area contributed by atoms with Gasteiger partial charge in [-0.15, -0.1) is 22.9 Å². The molecule has 104 valence electrons. The number of imidazole rings is 1. The number of halogens is 3. The van der Waals surface area contributed by atoms with E-state index in [4.69, 9.17) is 11.6 Å². The van der Waals surface area contributed by atoms with Gasteiger partial charge in [-0.3, -0.25) is 0 Å². The van der Waals surface area contributed by atoms with Crippen molar-refractivity contribution in [2.24, 2.45) is 0 Å². The standard InChI is InChI=1S/C13H10ClFIN3S/c1-7-12(20-6-17-7)5-19-11-2-8(15)9(16)3-10(11)18-13(19)4-14/h2-3,6H,4-5H2,1H3. The van der Waals surface area contributed by atoms with Crippen molar-refractivity contribution in [2.45, 2.75) is 19.3 Å². The van der Waals surface area contributed by atoms with Crippen LogP contribution in [0.5, 0.6) is 0 Å². The molecule has 0 atom stereocenters. The lowest BCUT2D eigenvalue weighted by Crippen LogP contribution is -2.04. The number of thiazole rings is 1. The van der Waals surface area contributed by atoms with Gasteiger partial charge in [0.2, 0.25) is 0 Å². The summed E-state index contributed by atoms with van der Waals surface area (Å²) < 4.78 is 16.3.